The molecule has 0 atom stereocenters. The number of nitro groups is 1. The van der Waals surface area contributed by atoms with Gasteiger partial charge in [0.25, 0.3) is 0 Å². The van der Waals surface area contributed by atoms with Crippen LogP contribution in [0.5, 0.6) is 5.75 Å². The smallest absolute Gasteiger partial charge is 0.311 e. The maximum absolute atomic E-state index is 10.8. The van der Waals surface area contributed by atoms with E-state index < -0.39 is 10.7 Å². The number of aryl methyl sites for hydroxylation is 1. The first kappa shape index (κ1) is 13.7. The number of aromatic nitrogens is 2. The predicted molar refractivity (Wildman–Crippen MR) is 82.7 cm³/mol. The number of nitro benzene ring substituents is 1. The van der Waals surface area contributed by atoms with Crippen LogP contribution >= 0.6 is 0 Å². The molecule has 0 amide bonds. The molecule has 1 heterocycles. The first-order valence-electron chi connectivity index (χ1n) is 6.50. The topological polar surface area (TPSA) is 93.5 Å². The summed E-state index contributed by atoms with van der Waals surface area (Å²) < 4.78 is 1.81. The lowest BCUT2D eigenvalue weighted by molar-refractivity contribution is -0.385. The molecule has 3 aromatic rings. The summed E-state index contributed by atoms with van der Waals surface area (Å²) >= 11 is 0. The molecular formula is C15H12N4O3. The SMILES string of the molecule is Cn1c(/N=C/c2cccc([N+](=O)[O-])c2O)nc2ccccc21. The normalized spacial score (nSPS) is 11.3. The lowest BCUT2D eigenvalue weighted by Crippen LogP contribution is -1.92. The summed E-state index contributed by atoms with van der Waals surface area (Å²) in [5, 5.41) is 20.7. The molecule has 0 saturated heterocycles. The number of benzene rings is 2. The minimum Gasteiger partial charge on any atom is -0.502 e. The number of phenols is 1. The highest BCUT2D eigenvalue weighted by Gasteiger charge is 2.15. The minimum atomic E-state index is -0.637. The molecule has 0 fully saturated rings. The lowest BCUT2D eigenvalue weighted by Gasteiger charge is -2.00. The number of hydrogen-bond acceptors (Lipinski definition) is 5. The van der Waals surface area contributed by atoms with Crippen molar-refractivity contribution < 1.29 is 10.0 Å². The van der Waals surface area contributed by atoms with E-state index in [1.165, 1.54) is 18.3 Å². The van der Waals surface area contributed by atoms with Crippen LogP contribution in [0.3, 0.4) is 0 Å². The van der Waals surface area contributed by atoms with Gasteiger partial charge >= 0.3 is 5.69 Å². The second-order valence-corrected chi connectivity index (χ2v) is 4.69. The zero-order valence-corrected chi connectivity index (χ0v) is 11.7. The summed E-state index contributed by atoms with van der Waals surface area (Å²) in [7, 11) is 1.83. The van der Waals surface area contributed by atoms with Crippen LogP contribution in [0.4, 0.5) is 11.6 Å². The van der Waals surface area contributed by atoms with Crippen molar-refractivity contribution in [2.45, 2.75) is 0 Å². The van der Waals surface area contributed by atoms with Gasteiger partial charge in [0.2, 0.25) is 11.7 Å². The quantitative estimate of drug-likeness (QED) is 0.457. The van der Waals surface area contributed by atoms with Crippen molar-refractivity contribution in [2.75, 3.05) is 0 Å². The van der Waals surface area contributed by atoms with Crippen molar-refractivity contribution in [3.8, 4) is 5.75 Å². The molecule has 0 unspecified atom stereocenters. The van der Waals surface area contributed by atoms with Gasteiger partial charge in [-0.1, -0.05) is 18.2 Å². The molecule has 1 N–H and O–H groups in total. The number of aliphatic imine (C=N–C) groups is 1. The van der Waals surface area contributed by atoms with Crippen LogP contribution in [0, 0.1) is 10.1 Å². The third kappa shape index (κ3) is 2.28. The lowest BCUT2D eigenvalue weighted by atomic mass is 10.2. The molecule has 3 rings (SSSR count). The molecular weight excluding hydrogens is 284 g/mol. The van der Waals surface area contributed by atoms with Gasteiger partial charge in [-0.3, -0.25) is 10.1 Å². The summed E-state index contributed by atoms with van der Waals surface area (Å²) in [6, 6.07) is 11.9. The fraction of sp³-hybridized carbons (Fsp3) is 0.0667. The Hall–Kier alpha value is -3.22. The van der Waals surface area contributed by atoms with Gasteiger partial charge < -0.3 is 9.67 Å². The largest absolute Gasteiger partial charge is 0.502 e. The maximum atomic E-state index is 10.8. The Morgan fingerprint density at radius 2 is 2.05 bits per heavy atom. The van der Waals surface area contributed by atoms with Gasteiger partial charge in [-0.2, -0.15) is 0 Å². The monoisotopic (exact) mass is 296 g/mol. The van der Waals surface area contributed by atoms with Gasteiger partial charge in [0, 0.05) is 24.9 Å². The molecule has 22 heavy (non-hydrogen) atoms. The van der Waals surface area contributed by atoms with Crippen molar-refractivity contribution in [1.82, 2.24) is 9.55 Å². The van der Waals surface area contributed by atoms with E-state index in [1.54, 1.807) is 10.6 Å². The molecule has 0 aliphatic rings. The molecule has 0 bridgehead atoms. The number of imidazole rings is 1. The highest BCUT2D eigenvalue weighted by Crippen LogP contribution is 2.28. The Kier molecular flexibility index (Phi) is 3.30. The maximum Gasteiger partial charge on any atom is 0.311 e. The molecule has 0 aliphatic heterocycles. The number of aromatic hydroxyl groups is 1. The second-order valence-electron chi connectivity index (χ2n) is 4.69. The van der Waals surface area contributed by atoms with Crippen molar-refractivity contribution in [3.05, 3.63) is 58.1 Å². The highest BCUT2D eigenvalue weighted by atomic mass is 16.6. The van der Waals surface area contributed by atoms with Crippen LogP contribution in [0.15, 0.2) is 47.5 Å². The Bertz CT molecular complexity index is 899. The third-order valence-corrected chi connectivity index (χ3v) is 3.33. The average molecular weight is 296 g/mol. The minimum absolute atomic E-state index is 0.265. The van der Waals surface area contributed by atoms with Crippen LogP contribution in [-0.4, -0.2) is 25.8 Å². The number of hydrogen-bond donors (Lipinski definition) is 1. The molecule has 7 nitrogen and oxygen atoms in total. The van der Waals surface area contributed by atoms with E-state index in [0.717, 1.165) is 11.0 Å². The summed E-state index contributed by atoms with van der Waals surface area (Å²) in [6.07, 6.45) is 1.36. The van der Waals surface area contributed by atoms with Crippen LogP contribution in [0.1, 0.15) is 5.56 Å². The van der Waals surface area contributed by atoms with Gasteiger partial charge in [-0.05, 0) is 18.2 Å². The van der Waals surface area contributed by atoms with Crippen molar-refractivity contribution >= 4 is 28.9 Å². The van der Waals surface area contributed by atoms with E-state index in [9.17, 15) is 15.2 Å². The van der Waals surface area contributed by atoms with Gasteiger partial charge in [-0.25, -0.2) is 9.98 Å². The third-order valence-electron chi connectivity index (χ3n) is 3.33. The first-order valence-corrected chi connectivity index (χ1v) is 6.50. The summed E-state index contributed by atoms with van der Waals surface area (Å²) in [5.41, 5.74) is 1.65. The van der Waals surface area contributed by atoms with Crippen LogP contribution in [-0.2, 0) is 7.05 Å². The molecule has 0 saturated carbocycles. The molecule has 7 heteroatoms. The van der Waals surface area contributed by atoms with Crippen LogP contribution < -0.4 is 0 Å². The van der Waals surface area contributed by atoms with Gasteiger partial charge in [0.15, 0.2) is 0 Å². The second kappa shape index (κ2) is 5.28. The Morgan fingerprint density at radius 3 is 2.77 bits per heavy atom. The summed E-state index contributed by atoms with van der Waals surface area (Å²) in [4.78, 5) is 18.8. The standard InChI is InChI=1S/C15H12N4O3/c1-18-12-7-3-2-6-11(12)17-15(18)16-9-10-5-4-8-13(14(10)20)19(21)22/h2-9,20H,1H3/b16-9+. The molecule has 1 aromatic heterocycles. The van der Waals surface area contributed by atoms with Crippen molar-refractivity contribution in [2.24, 2.45) is 12.0 Å². The van der Waals surface area contributed by atoms with Crippen molar-refractivity contribution in [3.63, 3.8) is 0 Å². The zero-order chi connectivity index (χ0) is 15.7. The number of nitrogens with zero attached hydrogens (tertiary/aromatic N) is 4. The fourth-order valence-electron chi connectivity index (χ4n) is 2.18. The Morgan fingerprint density at radius 1 is 1.27 bits per heavy atom. The van der Waals surface area contributed by atoms with Crippen LogP contribution in [0.25, 0.3) is 11.0 Å². The van der Waals surface area contributed by atoms with Crippen molar-refractivity contribution in [1.29, 1.82) is 0 Å². The Labute approximate surface area is 125 Å². The zero-order valence-electron chi connectivity index (χ0n) is 11.7. The predicted octanol–water partition coefficient (Wildman–Crippen LogP) is 2.94. The number of phenolic OH excluding ortho intramolecular Hbond substituents is 1. The van der Waals surface area contributed by atoms with E-state index in [4.69, 9.17) is 0 Å². The molecule has 2 aromatic carbocycles. The van der Waals surface area contributed by atoms with Gasteiger partial charge in [0.1, 0.15) is 0 Å². The summed E-state index contributed by atoms with van der Waals surface area (Å²) in [6.45, 7) is 0. The van der Waals surface area contributed by atoms with E-state index >= 15 is 0 Å². The highest BCUT2D eigenvalue weighted by molar-refractivity contribution is 5.87. The first-order chi connectivity index (χ1) is 10.6. The van der Waals surface area contributed by atoms with E-state index in [2.05, 4.69) is 9.98 Å². The Balaban J connectivity index is 2.02. The summed E-state index contributed by atoms with van der Waals surface area (Å²) in [5.74, 6) is 0.0436. The van der Waals surface area contributed by atoms with E-state index in [1.807, 2.05) is 31.3 Å². The molecule has 0 aliphatic carbocycles. The molecule has 0 spiro atoms. The van der Waals surface area contributed by atoms with Crippen LogP contribution in [0.2, 0.25) is 0 Å². The number of para-hydroxylation sites is 3. The number of fused-ring (bicyclic) bond motifs is 1. The van der Waals surface area contributed by atoms with E-state index in [0.29, 0.717) is 5.95 Å². The van der Waals surface area contributed by atoms with Gasteiger partial charge in [0.05, 0.1) is 16.0 Å². The molecule has 110 valence electrons. The van der Waals surface area contributed by atoms with Gasteiger partial charge in [-0.15, -0.1) is 0 Å². The number of rotatable bonds is 3. The molecule has 0 radical (unpaired) electrons. The average Bonchev–Trinajstić information content (AvgIpc) is 2.83. The fourth-order valence-corrected chi connectivity index (χ4v) is 2.18. The van der Waals surface area contributed by atoms with E-state index in [-0.39, 0.29) is 11.3 Å².